The van der Waals surface area contributed by atoms with Crippen molar-refractivity contribution in [2.45, 2.75) is 31.7 Å². The number of fused-ring (bicyclic) bond motifs is 1. The van der Waals surface area contributed by atoms with Crippen LogP contribution in [-0.2, 0) is 0 Å². The first-order valence-electron chi connectivity index (χ1n) is 10.3. The second-order valence-corrected chi connectivity index (χ2v) is 8.49. The minimum atomic E-state index is -0.916. The van der Waals surface area contributed by atoms with Gasteiger partial charge < -0.3 is 10.2 Å². The van der Waals surface area contributed by atoms with Crippen LogP contribution >= 0.6 is 11.6 Å². The molecule has 1 aliphatic carbocycles. The maximum Gasteiger partial charge on any atom is 0.172 e. The maximum absolute atomic E-state index is 14.2. The lowest BCUT2D eigenvalue weighted by molar-refractivity contribution is 0.0891. The molecule has 1 aromatic carbocycles. The van der Waals surface area contributed by atoms with E-state index in [1.165, 1.54) is 0 Å². The van der Waals surface area contributed by atoms with Crippen LogP contribution in [0, 0.1) is 17.6 Å². The van der Waals surface area contributed by atoms with Crippen LogP contribution in [0.3, 0.4) is 0 Å². The summed E-state index contributed by atoms with van der Waals surface area (Å²) in [5.74, 6) is -1.36. The zero-order valence-electron chi connectivity index (χ0n) is 16.6. The zero-order chi connectivity index (χ0) is 21.5. The Labute approximate surface area is 182 Å². The second-order valence-electron chi connectivity index (χ2n) is 8.05. The van der Waals surface area contributed by atoms with E-state index in [4.69, 9.17) is 21.6 Å². The highest BCUT2D eigenvalue weighted by atomic mass is 35.5. The summed E-state index contributed by atoms with van der Waals surface area (Å²) in [6.45, 7) is 1.07. The number of pyridine rings is 1. The van der Waals surface area contributed by atoms with E-state index in [2.05, 4.69) is 15.2 Å². The van der Waals surface area contributed by atoms with Crippen molar-refractivity contribution >= 4 is 40.1 Å². The number of aromatic nitrogens is 3. The molecule has 1 saturated carbocycles. The highest BCUT2D eigenvalue weighted by Gasteiger charge is 2.32. The molecule has 9 heteroatoms. The Morgan fingerprint density at radius 3 is 2.45 bits per heavy atom. The van der Waals surface area contributed by atoms with Gasteiger partial charge in [0.25, 0.3) is 0 Å². The van der Waals surface area contributed by atoms with E-state index in [9.17, 15) is 13.6 Å². The Morgan fingerprint density at radius 2 is 1.77 bits per heavy atom. The van der Waals surface area contributed by atoms with Gasteiger partial charge in [-0.15, -0.1) is 0 Å². The molecule has 2 aromatic heterocycles. The molecule has 0 radical (unpaired) electrons. The summed E-state index contributed by atoms with van der Waals surface area (Å²) in [6.07, 6.45) is 6.50. The molecule has 1 N–H and O–H groups in total. The van der Waals surface area contributed by atoms with Crippen LogP contribution in [0.25, 0.3) is 11.0 Å². The number of halogens is 3. The number of ketones is 1. The number of carbonyl (C=O) groups is 1. The van der Waals surface area contributed by atoms with Gasteiger partial charge in [0, 0.05) is 36.3 Å². The SMILES string of the molecule is O=C(c1c(F)cc(Cl)cc1F)C1CCN(c2nc3cnccc3nc2NC2CC2)CC1. The predicted octanol–water partition coefficient (Wildman–Crippen LogP) is 4.63. The summed E-state index contributed by atoms with van der Waals surface area (Å²) in [5.41, 5.74) is 0.957. The van der Waals surface area contributed by atoms with Gasteiger partial charge in [-0.05, 0) is 43.9 Å². The first-order chi connectivity index (χ1) is 15.0. The summed E-state index contributed by atoms with van der Waals surface area (Å²) < 4.78 is 28.4. The Kier molecular flexibility index (Phi) is 5.17. The fourth-order valence-electron chi connectivity index (χ4n) is 3.97. The molecule has 3 aromatic rings. The van der Waals surface area contributed by atoms with E-state index in [1.807, 2.05) is 6.07 Å². The summed E-state index contributed by atoms with van der Waals surface area (Å²) in [7, 11) is 0. The largest absolute Gasteiger partial charge is 0.364 e. The molecule has 5 rings (SSSR count). The molecular weight excluding hydrogens is 424 g/mol. The van der Waals surface area contributed by atoms with E-state index in [0.717, 1.165) is 42.1 Å². The van der Waals surface area contributed by atoms with Crippen molar-refractivity contribution in [2.24, 2.45) is 5.92 Å². The van der Waals surface area contributed by atoms with Gasteiger partial charge in [0.15, 0.2) is 17.4 Å². The molecular formula is C22H20ClF2N5O. The lowest BCUT2D eigenvalue weighted by Gasteiger charge is -2.33. The first-order valence-corrected chi connectivity index (χ1v) is 10.7. The maximum atomic E-state index is 14.2. The van der Waals surface area contributed by atoms with Crippen molar-refractivity contribution in [2.75, 3.05) is 23.3 Å². The molecule has 2 fully saturated rings. The van der Waals surface area contributed by atoms with Gasteiger partial charge in [0.1, 0.15) is 17.2 Å². The standard InChI is InChI=1S/C22H20ClF2N5O/c23-13-9-15(24)19(16(25)10-13)20(31)12-4-7-30(8-5-12)22-21(27-14-1-2-14)28-17-3-6-26-11-18(17)29-22/h3,6,9-12,14H,1-2,4-5,7-8H2,(H,27,28). The number of benzene rings is 1. The molecule has 0 atom stereocenters. The minimum Gasteiger partial charge on any atom is -0.364 e. The van der Waals surface area contributed by atoms with Crippen LogP contribution in [0.1, 0.15) is 36.0 Å². The average molecular weight is 444 g/mol. The highest BCUT2D eigenvalue weighted by Crippen LogP contribution is 2.34. The lowest BCUT2D eigenvalue weighted by Crippen LogP contribution is -2.38. The normalized spacial score (nSPS) is 17.2. The van der Waals surface area contributed by atoms with Crippen LogP contribution in [0.5, 0.6) is 0 Å². The highest BCUT2D eigenvalue weighted by molar-refractivity contribution is 6.30. The Bertz CT molecular complexity index is 1140. The molecule has 0 amide bonds. The van der Waals surface area contributed by atoms with Crippen LogP contribution in [0.2, 0.25) is 5.02 Å². The molecule has 1 aliphatic heterocycles. The monoisotopic (exact) mass is 443 g/mol. The van der Waals surface area contributed by atoms with Gasteiger partial charge in [-0.25, -0.2) is 18.7 Å². The number of hydrogen-bond donors (Lipinski definition) is 1. The lowest BCUT2D eigenvalue weighted by atomic mass is 9.88. The molecule has 0 bridgehead atoms. The van der Waals surface area contributed by atoms with Crippen LogP contribution in [0.15, 0.2) is 30.6 Å². The van der Waals surface area contributed by atoms with Gasteiger partial charge >= 0.3 is 0 Å². The first kappa shape index (κ1) is 20.1. The minimum absolute atomic E-state index is 0.0681. The Hall–Kier alpha value is -2.87. The topological polar surface area (TPSA) is 71.0 Å². The van der Waals surface area contributed by atoms with Crippen LogP contribution < -0.4 is 10.2 Å². The van der Waals surface area contributed by atoms with E-state index in [-0.39, 0.29) is 5.02 Å². The van der Waals surface area contributed by atoms with Crippen molar-refractivity contribution in [3.63, 3.8) is 0 Å². The van der Waals surface area contributed by atoms with Crippen LogP contribution in [-0.4, -0.2) is 39.9 Å². The third-order valence-electron chi connectivity index (χ3n) is 5.78. The second kappa shape index (κ2) is 8.00. The molecule has 6 nitrogen and oxygen atoms in total. The Morgan fingerprint density at radius 1 is 1.06 bits per heavy atom. The third-order valence-corrected chi connectivity index (χ3v) is 6.00. The van der Waals surface area contributed by atoms with Crippen molar-refractivity contribution in [1.29, 1.82) is 0 Å². The molecule has 31 heavy (non-hydrogen) atoms. The number of hydrogen-bond acceptors (Lipinski definition) is 6. The smallest absolute Gasteiger partial charge is 0.172 e. The number of nitrogens with zero attached hydrogens (tertiary/aromatic N) is 4. The number of carbonyl (C=O) groups excluding carboxylic acids is 1. The van der Waals surface area contributed by atoms with Crippen molar-refractivity contribution in [3.05, 3.63) is 52.8 Å². The summed E-state index contributed by atoms with van der Waals surface area (Å²) in [4.78, 5) is 28.5. The zero-order valence-corrected chi connectivity index (χ0v) is 17.4. The van der Waals surface area contributed by atoms with Gasteiger partial charge in [0.2, 0.25) is 0 Å². The number of nitrogens with one attached hydrogen (secondary N) is 1. The fraction of sp³-hybridized carbons (Fsp3) is 0.364. The van der Waals surface area contributed by atoms with E-state index in [0.29, 0.717) is 37.5 Å². The molecule has 0 spiro atoms. The predicted molar refractivity (Wildman–Crippen MR) is 115 cm³/mol. The quantitative estimate of drug-likeness (QED) is 0.580. The fourth-order valence-corrected chi connectivity index (χ4v) is 4.16. The van der Waals surface area contributed by atoms with Gasteiger partial charge in [-0.2, -0.15) is 0 Å². The third kappa shape index (κ3) is 4.04. The number of rotatable bonds is 5. The summed E-state index contributed by atoms with van der Waals surface area (Å²) in [6, 6.07) is 4.18. The molecule has 2 aliphatic rings. The number of piperidine rings is 1. The van der Waals surface area contributed by atoms with Gasteiger partial charge in [0.05, 0.1) is 17.3 Å². The van der Waals surface area contributed by atoms with Crippen molar-refractivity contribution in [1.82, 2.24) is 15.0 Å². The van der Waals surface area contributed by atoms with Crippen molar-refractivity contribution < 1.29 is 13.6 Å². The molecule has 3 heterocycles. The summed E-state index contributed by atoms with van der Waals surface area (Å²) in [5, 5.41) is 3.37. The number of anilines is 2. The molecule has 0 unspecified atom stereocenters. The average Bonchev–Trinajstić information content (AvgIpc) is 3.57. The van der Waals surface area contributed by atoms with Gasteiger partial charge in [-0.3, -0.25) is 9.78 Å². The summed E-state index contributed by atoms with van der Waals surface area (Å²) >= 11 is 5.68. The molecule has 160 valence electrons. The van der Waals surface area contributed by atoms with Crippen LogP contribution in [0.4, 0.5) is 20.4 Å². The van der Waals surface area contributed by atoms with E-state index < -0.39 is 28.9 Å². The van der Waals surface area contributed by atoms with E-state index in [1.54, 1.807) is 12.4 Å². The van der Waals surface area contributed by atoms with E-state index >= 15 is 0 Å². The number of Topliss-reactive ketones (excluding diaryl/α,β-unsaturated/α-hetero) is 1. The van der Waals surface area contributed by atoms with Gasteiger partial charge in [-0.1, -0.05) is 11.6 Å². The molecule has 1 saturated heterocycles. The Balaban J connectivity index is 1.37. The van der Waals surface area contributed by atoms with Crippen molar-refractivity contribution in [3.8, 4) is 0 Å².